The molecule has 0 aromatic carbocycles. The van der Waals surface area contributed by atoms with E-state index < -0.39 is 18.0 Å². The van der Waals surface area contributed by atoms with Crippen LogP contribution in [0.5, 0.6) is 0 Å². The number of aromatic nitrogens is 3. The van der Waals surface area contributed by atoms with E-state index in [9.17, 15) is 4.79 Å². The van der Waals surface area contributed by atoms with Crippen LogP contribution < -0.4 is 5.32 Å². The molecular formula is C22H26N4O6. The van der Waals surface area contributed by atoms with Gasteiger partial charge in [-0.25, -0.2) is 19.7 Å². The Balaban J connectivity index is 1.51. The molecule has 0 saturated carbocycles. The first-order valence-electron chi connectivity index (χ1n) is 10.4. The molecule has 0 aliphatic carbocycles. The molecule has 1 aliphatic heterocycles. The Morgan fingerprint density at radius 2 is 1.91 bits per heavy atom. The molecule has 0 spiro atoms. The van der Waals surface area contributed by atoms with Crippen LogP contribution in [0.1, 0.15) is 51.1 Å². The molecular weight excluding hydrogens is 416 g/mol. The first-order valence-corrected chi connectivity index (χ1v) is 10.4. The molecule has 1 fully saturated rings. The number of nitrogens with one attached hydrogen (secondary N) is 1. The molecule has 4 rings (SSSR count). The van der Waals surface area contributed by atoms with Crippen molar-refractivity contribution in [3.05, 3.63) is 41.6 Å². The zero-order valence-electron chi connectivity index (χ0n) is 18.7. The maximum Gasteiger partial charge on any atom is 0.407 e. The molecule has 3 aromatic heterocycles. The van der Waals surface area contributed by atoms with E-state index in [1.165, 1.54) is 6.26 Å². The lowest BCUT2D eigenvalue weighted by Crippen LogP contribution is -2.34. The van der Waals surface area contributed by atoms with E-state index >= 15 is 0 Å². The minimum Gasteiger partial charge on any atom is -0.444 e. The predicted octanol–water partition coefficient (Wildman–Crippen LogP) is 4.16. The van der Waals surface area contributed by atoms with Crippen molar-refractivity contribution in [1.82, 2.24) is 20.3 Å². The van der Waals surface area contributed by atoms with E-state index in [4.69, 9.17) is 23.0 Å². The summed E-state index contributed by atoms with van der Waals surface area (Å²) in [6, 6.07) is 5.59. The summed E-state index contributed by atoms with van der Waals surface area (Å²) < 4.78 is 27.9. The molecule has 0 unspecified atom stereocenters. The Hall–Kier alpha value is -3.24. The van der Waals surface area contributed by atoms with Gasteiger partial charge in [-0.2, -0.15) is 0 Å². The number of alkyl carbamates (subject to hydrolysis) is 1. The maximum absolute atomic E-state index is 11.9. The van der Waals surface area contributed by atoms with E-state index in [1.54, 1.807) is 27.7 Å². The van der Waals surface area contributed by atoms with E-state index in [2.05, 4.69) is 20.3 Å². The Bertz CT molecular complexity index is 1090. The molecule has 0 bridgehead atoms. The Kier molecular flexibility index (Phi) is 5.98. The van der Waals surface area contributed by atoms with Gasteiger partial charge in [-0.1, -0.05) is 6.07 Å². The largest absolute Gasteiger partial charge is 0.444 e. The first-order chi connectivity index (χ1) is 15.2. The smallest absolute Gasteiger partial charge is 0.407 e. The van der Waals surface area contributed by atoms with Gasteiger partial charge in [0.25, 0.3) is 0 Å². The second-order valence-corrected chi connectivity index (χ2v) is 8.38. The van der Waals surface area contributed by atoms with Crippen molar-refractivity contribution in [1.29, 1.82) is 0 Å². The minimum atomic E-state index is -0.635. The zero-order valence-corrected chi connectivity index (χ0v) is 18.7. The lowest BCUT2D eigenvalue weighted by Gasteiger charge is -2.32. The van der Waals surface area contributed by atoms with Crippen molar-refractivity contribution in [2.45, 2.75) is 59.2 Å². The fourth-order valence-corrected chi connectivity index (χ4v) is 3.07. The monoisotopic (exact) mass is 442 g/mol. The molecule has 1 amide bonds. The molecule has 10 nitrogen and oxygen atoms in total. The fraction of sp³-hybridized carbons (Fsp3) is 0.455. The highest BCUT2D eigenvalue weighted by molar-refractivity contribution is 5.67. The molecule has 1 aliphatic rings. The number of carbonyl (C=O) groups is 1. The van der Waals surface area contributed by atoms with Crippen molar-refractivity contribution >= 4 is 6.09 Å². The number of ether oxygens (including phenoxy) is 3. The Labute approximate surface area is 185 Å². The fourth-order valence-electron chi connectivity index (χ4n) is 3.07. The number of carbonyl (C=O) groups excluding carboxylic acids is 1. The van der Waals surface area contributed by atoms with Gasteiger partial charge in [-0.05, 0) is 46.8 Å². The normalized spacial score (nSPS) is 18.3. The third kappa shape index (κ3) is 5.14. The molecule has 170 valence electrons. The Morgan fingerprint density at radius 3 is 2.59 bits per heavy atom. The van der Waals surface area contributed by atoms with Crippen LogP contribution in [0.15, 0.2) is 33.3 Å². The van der Waals surface area contributed by atoms with Gasteiger partial charge in [-0.3, -0.25) is 0 Å². The molecule has 0 radical (unpaired) electrons. The summed E-state index contributed by atoms with van der Waals surface area (Å²) in [7, 11) is 0. The average Bonchev–Trinajstić information content (AvgIpc) is 3.31. The van der Waals surface area contributed by atoms with Crippen LogP contribution in [-0.2, 0) is 20.6 Å². The van der Waals surface area contributed by atoms with Crippen LogP contribution in [0.4, 0.5) is 4.79 Å². The number of pyridine rings is 1. The summed E-state index contributed by atoms with van der Waals surface area (Å²) >= 11 is 0. The van der Waals surface area contributed by atoms with Crippen LogP contribution in [-0.4, -0.2) is 39.5 Å². The molecule has 3 aromatic rings. The summed E-state index contributed by atoms with van der Waals surface area (Å²) in [5.41, 5.74) is 1.82. The number of aryl methyl sites for hydroxylation is 1. The SMILES string of the molecule is Cc1cccc(-c2nc(-c3nc(C4OC(C)O4)c(CCNC(=O)OC(C)(C)C)o3)co2)n1. The number of nitrogens with zero attached hydrogens (tertiary/aromatic N) is 3. The first kappa shape index (κ1) is 22.0. The minimum absolute atomic E-state index is 0.265. The van der Waals surface area contributed by atoms with E-state index in [0.717, 1.165) is 5.69 Å². The second kappa shape index (κ2) is 8.71. The topological polar surface area (TPSA) is 122 Å². The van der Waals surface area contributed by atoms with E-state index in [-0.39, 0.29) is 18.7 Å². The molecule has 0 atom stereocenters. The van der Waals surface area contributed by atoms with Crippen molar-refractivity contribution < 1.29 is 27.8 Å². The zero-order chi connectivity index (χ0) is 22.9. The van der Waals surface area contributed by atoms with Crippen LogP contribution in [0.25, 0.3) is 23.2 Å². The highest BCUT2D eigenvalue weighted by Gasteiger charge is 2.34. The van der Waals surface area contributed by atoms with E-state index in [1.807, 2.05) is 25.1 Å². The van der Waals surface area contributed by atoms with Gasteiger partial charge in [0, 0.05) is 18.7 Å². The number of oxazole rings is 2. The summed E-state index contributed by atoms with van der Waals surface area (Å²) in [6.07, 6.45) is 0.365. The summed E-state index contributed by atoms with van der Waals surface area (Å²) in [6.45, 7) is 9.38. The summed E-state index contributed by atoms with van der Waals surface area (Å²) in [4.78, 5) is 25.3. The van der Waals surface area contributed by atoms with Gasteiger partial charge in [0.1, 0.15) is 29.0 Å². The van der Waals surface area contributed by atoms with Gasteiger partial charge in [0.05, 0.1) is 0 Å². The van der Waals surface area contributed by atoms with Crippen LogP contribution >= 0.6 is 0 Å². The summed E-state index contributed by atoms with van der Waals surface area (Å²) in [5, 5.41) is 2.71. The third-order valence-electron chi connectivity index (χ3n) is 4.43. The van der Waals surface area contributed by atoms with Crippen molar-refractivity contribution in [2.24, 2.45) is 0 Å². The number of hydrogen-bond acceptors (Lipinski definition) is 9. The van der Waals surface area contributed by atoms with Gasteiger partial charge in [-0.15, -0.1) is 0 Å². The van der Waals surface area contributed by atoms with Crippen molar-refractivity contribution in [2.75, 3.05) is 6.54 Å². The quantitative estimate of drug-likeness (QED) is 0.599. The number of amides is 1. The highest BCUT2D eigenvalue weighted by Crippen LogP contribution is 2.35. The summed E-state index contributed by atoms with van der Waals surface area (Å²) in [5.74, 6) is 1.15. The lowest BCUT2D eigenvalue weighted by molar-refractivity contribution is -0.384. The third-order valence-corrected chi connectivity index (χ3v) is 4.43. The second-order valence-electron chi connectivity index (χ2n) is 8.38. The maximum atomic E-state index is 11.9. The highest BCUT2D eigenvalue weighted by atomic mass is 16.9. The average molecular weight is 442 g/mol. The standard InChI is InChI=1S/C22H26N4O6/c1-12-7-6-8-14(24-12)18-25-15(11-28-18)19-26-17(20-29-13(2)30-20)16(31-19)9-10-23-21(27)32-22(3,4)5/h6-8,11,13,20H,9-10H2,1-5H3,(H,23,27). The Morgan fingerprint density at radius 1 is 1.12 bits per heavy atom. The number of hydrogen-bond donors (Lipinski definition) is 1. The lowest BCUT2D eigenvalue weighted by atomic mass is 10.2. The molecule has 32 heavy (non-hydrogen) atoms. The van der Waals surface area contributed by atoms with Crippen LogP contribution in [0, 0.1) is 6.92 Å². The van der Waals surface area contributed by atoms with Crippen molar-refractivity contribution in [3.63, 3.8) is 0 Å². The van der Waals surface area contributed by atoms with Crippen LogP contribution in [0.2, 0.25) is 0 Å². The molecule has 10 heteroatoms. The molecule has 1 saturated heterocycles. The van der Waals surface area contributed by atoms with Crippen LogP contribution in [0.3, 0.4) is 0 Å². The van der Waals surface area contributed by atoms with Gasteiger partial charge in [0.2, 0.25) is 18.1 Å². The predicted molar refractivity (Wildman–Crippen MR) is 112 cm³/mol. The van der Waals surface area contributed by atoms with Gasteiger partial charge in [0.15, 0.2) is 12.0 Å². The van der Waals surface area contributed by atoms with Crippen molar-refractivity contribution in [3.8, 4) is 23.2 Å². The molecule has 4 heterocycles. The number of rotatable bonds is 6. The van der Waals surface area contributed by atoms with Gasteiger partial charge >= 0.3 is 6.09 Å². The van der Waals surface area contributed by atoms with Gasteiger partial charge < -0.3 is 28.4 Å². The van der Waals surface area contributed by atoms with E-state index in [0.29, 0.717) is 35.2 Å². The molecule has 1 N–H and O–H groups in total.